The van der Waals surface area contributed by atoms with E-state index in [9.17, 15) is 9.59 Å². The van der Waals surface area contributed by atoms with E-state index in [0.717, 1.165) is 0 Å². The Bertz CT molecular complexity index is 449. The Balaban J connectivity index is 2.07. The van der Waals surface area contributed by atoms with Crippen LogP contribution in [-0.4, -0.2) is 39.6 Å². The van der Waals surface area contributed by atoms with Gasteiger partial charge >= 0.3 is 12.0 Å². The van der Waals surface area contributed by atoms with Crippen LogP contribution in [0.3, 0.4) is 0 Å². The number of aliphatic carboxylic acids is 1. The van der Waals surface area contributed by atoms with Crippen molar-refractivity contribution in [1.82, 2.24) is 9.88 Å². The third kappa shape index (κ3) is 2.42. The molecule has 2 unspecified atom stereocenters. The molecule has 6 heteroatoms. The van der Waals surface area contributed by atoms with Gasteiger partial charge in [-0.1, -0.05) is 6.92 Å². The predicted octanol–water partition coefficient (Wildman–Crippen LogP) is 1.41. The number of likely N-dealkylation sites (tertiary alicyclic amines) is 1. The molecule has 2 rings (SSSR count). The Morgan fingerprint density at radius 2 is 2.33 bits per heavy atom. The second-order valence-corrected chi connectivity index (χ2v) is 4.41. The van der Waals surface area contributed by atoms with Crippen LogP contribution >= 0.6 is 0 Å². The molecule has 1 aliphatic rings. The third-order valence-corrected chi connectivity index (χ3v) is 3.13. The number of pyridine rings is 1. The first kappa shape index (κ1) is 12.3. The lowest BCUT2D eigenvalue weighted by atomic mass is 10.0. The number of rotatable bonds is 2. The maximum atomic E-state index is 12.0. The molecule has 0 bridgehead atoms. The van der Waals surface area contributed by atoms with E-state index in [1.807, 2.05) is 6.92 Å². The van der Waals surface area contributed by atoms with Gasteiger partial charge in [-0.15, -0.1) is 0 Å². The molecule has 0 saturated carbocycles. The summed E-state index contributed by atoms with van der Waals surface area (Å²) < 4.78 is 0. The molecule has 2 amide bonds. The van der Waals surface area contributed by atoms with E-state index in [1.165, 1.54) is 11.1 Å². The molecule has 0 spiro atoms. The van der Waals surface area contributed by atoms with Crippen molar-refractivity contribution >= 4 is 17.7 Å². The Labute approximate surface area is 105 Å². The number of urea groups is 1. The monoisotopic (exact) mass is 249 g/mol. The number of amides is 2. The summed E-state index contributed by atoms with van der Waals surface area (Å²) in [5.41, 5.74) is 0.561. The highest BCUT2D eigenvalue weighted by Crippen LogP contribution is 2.24. The van der Waals surface area contributed by atoms with Crippen LogP contribution in [0.15, 0.2) is 24.5 Å². The highest BCUT2D eigenvalue weighted by molar-refractivity contribution is 5.92. The van der Waals surface area contributed by atoms with E-state index < -0.39 is 12.0 Å². The average molecular weight is 249 g/mol. The van der Waals surface area contributed by atoms with Gasteiger partial charge in [-0.05, 0) is 24.5 Å². The van der Waals surface area contributed by atoms with Crippen LogP contribution in [0.1, 0.15) is 13.3 Å². The number of hydrogen-bond donors (Lipinski definition) is 2. The highest BCUT2D eigenvalue weighted by atomic mass is 16.4. The van der Waals surface area contributed by atoms with E-state index >= 15 is 0 Å². The van der Waals surface area contributed by atoms with Gasteiger partial charge in [-0.25, -0.2) is 9.59 Å². The second-order valence-electron chi connectivity index (χ2n) is 4.41. The fourth-order valence-corrected chi connectivity index (χ4v) is 2.18. The maximum Gasteiger partial charge on any atom is 0.326 e. The normalized spacial score (nSPS) is 22.8. The first-order chi connectivity index (χ1) is 8.59. The lowest BCUT2D eigenvalue weighted by molar-refractivity contribution is -0.142. The third-order valence-electron chi connectivity index (χ3n) is 3.13. The van der Waals surface area contributed by atoms with Crippen molar-refractivity contribution in [2.24, 2.45) is 5.92 Å². The van der Waals surface area contributed by atoms with Gasteiger partial charge in [0.2, 0.25) is 0 Å². The smallest absolute Gasteiger partial charge is 0.326 e. The Morgan fingerprint density at radius 1 is 1.56 bits per heavy atom. The molecule has 2 heterocycles. The zero-order valence-corrected chi connectivity index (χ0v) is 10.0. The number of carboxylic acid groups (broad SMARTS) is 1. The fourth-order valence-electron chi connectivity index (χ4n) is 2.18. The number of nitrogens with zero attached hydrogens (tertiary/aromatic N) is 2. The molecule has 96 valence electrons. The van der Waals surface area contributed by atoms with E-state index in [0.29, 0.717) is 18.7 Å². The Kier molecular flexibility index (Phi) is 3.45. The molecular weight excluding hydrogens is 234 g/mol. The zero-order valence-electron chi connectivity index (χ0n) is 10.0. The molecule has 18 heavy (non-hydrogen) atoms. The molecule has 1 aromatic heterocycles. The highest BCUT2D eigenvalue weighted by Gasteiger charge is 2.39. The number of carbonyl (C=O) groups is 2. The molecule has 1 aliphatic heterocycles. The summed E-state index contributed by atoms with van der Waals surface area (Å²) in [4.78, 5) is 28.4. The lowest BCUT2D eigenvalue weighted by Gasteiger charge is -2.23. The molecule has 2 N–H and O–H groups in total. The molecule has 1 fully saturated rings. The minimum atomic E-state index is -0.957. The minimum Gasteiger partial charge on any atom is -0.480 e. The van der Waals surface area contributed by atoms with Gasteiger partial charge < -0.3 is 15.3 Å². The Morgan fingerprint density at radius 3 is 2.94 bits per heavy atom. The van der Waals surface area contributed by atoms with Crippen molar-refractivity contribution < 1.29 is 14.7 Å². The molecule has 2 atom stereocenters. The van der Waals surface area contributed by atoms with Crippen molar-refractivity contribution in [3.05, 3.63) is 24.5 Å². The number of anilines is 1. The van der Waals surface area contributed by atoms with Crippen molar-refractivity contribution in [3.8, 4) is 0 Å². The number of carbonyl (C=O) groups excluding carboxylic acids is 1. The topological polar surface area (TPSA) is 82.5 Å². The van der Waals surface area contributed by atoms with Gasteiger partial charge in [0.1, 0.15) is 6.04 Å². The van der Waals surface area contributed by atoms with Crippen LogP contribution in [0.5, 0.6) is 0 Å². The number of hydrogen-bond acceptors (Lipinski definition) is 3. The standard InChI is InChI=1S/C12H15N3O3/c1-8-4-6-15(10(8)11(16)17)12(18)14-9-3-2-5-13-7-9/h2-3,5,7-8,10H,4,6H2,1H3,(H,14,18)(H,16,17). The van der Waals surface area contributed by atoms with Gasteiger partial charge in [0.25, 0.3) is 0 Å². The largest absolute Gasteiger partial charge is 0.480 e. The van der Waals surface area contributed by atoms with E-state index in [4.69, 9.17) is 5.11 Å². The first-order valence-electron chi connectivity index (χ1n) is 5.80. The van der Waals surface area contributed by atoms with Crippen LogP contribution in [0.25, 0.3) is 0 Å². The molecule has 1 aromatic rings. The van der Waals surface area contributed by atoms with Crippen molar-refractivity contribution in [2.75, 3.05) is 11.9 Å². The van der Waals surface area contributed by atoms with Gasteiger partial charge in [0, 0.05) is 12.7 Å². The second kappa shape index (κ2) is 5.03. The van der Waals surface area contributed by atoms with Crippen LogP contribution in [0, 0.1) is 5.92 Å². The van der Waals surface area contributed by atoms with Crippen LogP contribution in [0.2, 0.25) is 0 Å². The summed E-state index contributed by atoms with van der Waals surface area (Å²) in [5, 5.41) is 11.8. The first-order valence-corrected chi connectivity index (χ1v) is 5.80. The van der Waals surface area contributed by atoms with Crippen LogP contribution < -0.4 is 5.32 Å². The summed E-state index contributed by atoms with van der Waals surface area (Å²) in [6.45, 7) is 2.31. The van der Waals surface area contributed by atoms with Crippen molar-refractivity contribution in [3.63, 3.8) is 0 Å². The van der Waals surface area contributed by atoms with Crippen molar-refractivity contribution in [2.45, 2.75) is 19.4 Å². The van der Waals surface area contributed by atoms with Gasteiger partial charge in [-0.2, -0.15) is 0 Å². The van der Waals surface area contributed by atoms with E-state index in [2.05, 4.69) is 10.3 Å². The molecule has 0 aliphatic carbocycles. The minimum absolute atomic E-state index is 0.0258. The summed E-state index contributed by atoms with van der Waals surface area (Å²) in [5.74, 6) is -0.983. The zero-order chi connectivity index (χ0) is 13.1. The van der Waals surface area contributed by atoms with Crippen molar-refractivity contribution in [1.29, 1.82) is 0 Å². The summed E-state index contributed by atoms with van der Waals surface area (Å²) in [7, 11) is 0. The number of carboxylic acids is 1. The van der Waals surface area contributed by atoms with Gasteiger partial charge in [0.05, 0.1) is 11.9 Å². The summed E-state index contributed by atoms with van der Waals surface area (Å²) >= 11 is 0. The Hall–Kier alpha value is -2.11. The maximum absolute atomic E-state index is 12.0. The average Bonchev–Trinajstić information content (AvgIpc) is 2.72. The predicted molar refractivity (Wildman–Crippen MR) is 65.2 cm³/mol. The summed E-state index contributed by atoms with van der Waals surface area (Å²) in [6.07, 6.45) is 3.83. The molecule has 0 aromatic carbocycles. The molecule has 0 radical (unpaired) electrons. The quantitative estimate of drug-likeness (QED) is 0.830. The molecule has 6 nitrogen and oxygen atoms in total. The summed E-state index contributed by atoms with van der Waals surface area (Å²) in [6, 6.07) is 2.28. The number of aromatic nitrogens is 1. The number of nitrogens with one attached hydrogen (secondary N) is 1. The van der Waals surface area contributed by atoms with Gasteiger partial charge in [0.15, 0.2) is 0 Å². The van der Waals surface area contributed by atoms with E-state index in [1.54, 1.807) is 18.3 Å². The van der Waals surface area contributed by atoms with E-state index in [-0.39, 0.29) is 11.9 Å². The van der Waals surface area contributed by atoms with Crippen LogP contribution in [0.4, 0.5) is 10.5 Å². The molecular formula is C12H15N3O3. The molecule has 1 saturated heterocycles. The van der Waals surface area contributed by atoms with Gasteiger partial charge in [-0.3, -0.25) is 4.98 Å². The van der Waals surface area contributed by atoms with Crippen LogP contribution in [-0.2, 0) is 4.79 Å². The lowest BCUT2D eigenvalue weighted by Crippen LogP contribution is -2.44. The fraction of sp³-hybridized carbons (Fsp3) is 0.417. The SMILES string of the molecule is CC1CCN(C(=O)Nc2cccnc2)C1C(=O)O.